The summed E-state index contributed by atoms with van der Waals surface area (Å²) < 4.78 is 0. The van der Waals surface area contributed by atoms with E-state index in [4.69, 9.17) is 0 Å². The largest absolute Gasteiger partial charge is 0.508 e. The quantitative estimate of drug-likeness (QED) is 0.720. The molecule has 0 spiro atoms. The van der Waals surface area contributed by atoms with Crippen molar-refractivity contribution in [1.82, 2.24) is 14.8 Å². The first-order valence-electron chi connectivity index (χ1n) is 11.4. The molecule has 5 nitrogen and oxygen atoms in total. The highest BCUT2D eigenvalue weighted by Crippen LogP contribution is 2.49. The van der Waals surface area contributed by atoms with Crippen LogP contribution in [0.4, 0.5) is 0 Å². The fraction of sp³-hybridized carbons (Fsp3) is 0.560. The van der Waals surface area contributed by atoms with E-state index in [1.165, 1.54) is 16.8 Å². The summed E-state index contributed by atoms with van der Waals surface area (Å²) in [5.74, 6) is 0.923. The number of aromatic amines is 1. The highest BCUT2D eigenvalue weighted by Gasteiger charge is 2.48. The Morgan fingerprint density at radius 3 is 2.68 bits per heavy atom. The van der Waals surface area contributed by atoms with E-state index in [1.54, 1.807) is 6.07 Å². The normalized spacial score (nSPS) is 22.9. The summed E-state index contributed by atoms with van der Waals surface area (Å²) in [5, 5.41) is 10.2. The van der Waals surface area contributed by atoms with Crippen LogP contribution in [-0.2, 0) is 18.3 Å². The third kappa shape index (κ3) is 3.98. The summed E-state index contributed by atoms with van der Waals surface area (Å²) in [6, 6.07) is 7.85. The van der Waals surface area contributed by atoms with Crippen LogP contribution < -0.4 is 0 Å². The van der Waals surface area contributed by atoms with Gasteiger partial charge in [0, 0.05) is 30.7 Å². The molecule has 0 unspecified atom stereocenters. The van der Waals surface area contributed by atoms with Crippen molar-refractivity contribution in [2.24, 2.45) is 5.92 Å². The van der Waals surface area contributed by atoms with Crippen molar-refractivity contribution in [3.8, 4) is 5.75 Å². The number of carbonyl (C=O) groups is 1. The van der Waals surface area contributed by atoms with Gasteiger partial charge in [0.05, 0.1) is 0 Å². The second-order valence-electron chi connectivity index (χ2n) is 8.99. The number of phenolic OH excluding ortho intramolecular Hbond substituents is 1. The standard InChI is InChI=1S/C25H35N3O2.ClH/c1-5-27-12-11-25(18-9-8-10-20(29)13-18)15-22-21(14-19(25)16-27)17(4)23(26-22)24(30)28(6-2)7-3;/h8-10,13,19,26,29H,5-7,11-12,14-16H2,1-4H3;1H/t19-,25+;/m1./s1. The molecule has 2 aliphatic rings. The van der Waals surface area contributed by atoms with Crippen LogP contribution >= 0.6 is 12.4 Å². The van der Waals surface area contributed by atoms with E-state index in [1.807, 2.05) is 30.9 Å². The van der Waals surface area contributed by atoms with Gasteiger partial charge in [-0.05, 0) is 87.9 Å². The molecule has 170 valence electrons. The Labute approximate surface area is 192 Å². The zero-order chi connectivity index (χ0) is 21.5. The van der Waals surface area contributed by atoms with Crippen LogP contribution in [0.1, 0.15) is 60.1 Å². The maximum Gasteiger partial charge on any atom is 0.270 e. The molecule has 6 heteroatoms. The number of aromatic nitrogens is 1. The summed E-state index contributed by atoms with van der Waals surface area (Å²) in [7, 11) is 0. The topological polar surface area (TPSA) is 59.6 Å². The molecule has 1 saturated heterocycles. The Morgan fingerprint density at radius 2 is 2.03 bits per heavy atom. The van der Waals surface area contributed by atoms with E-state index < -0.39 is 0 Å². The minimum absolute atomic E-state index is 0. The van der Waals surface area contributed by atoms with Gasteiger partial charge in [-0.15, -0.1) is 12.4 Å². The summed E-state index contributed by atoms with van der Waals surface area (Å²) >= 11 is 0. The third-order valence-corrected chi connectivity index (χ3v) is 7.68. The number of hydrogen-bond acceptors (Lipinski definition) is 3. The lowest BCUT2D eigenvalue weighted by Crippen LogP contribution is -2.53. The number of carbonyl (C=O) groups excluding carboxylic acids is 1. The highest BCUT2D eigenvalue weighted by molar-refractivity contribution is 5.94. The summed E-state index contributed by atoms with van der Waals surface area (Å²) in [5.41, 5.74) is 5.68. The zero-order valence-corrected chi connectivity index (χ0v) is 20.0. The second kappa shape index (κ2) is 9.25. The molecule has 2 N–H and O–H groups in total. The number of halogens is 1. The van der Waals surface area contributed by atoms with E-state index in [0.29, 0.717) is 11.7 Å². The number of piperidine rings is 1. The Balaban J connectivity index is 0.00000272. The van der Waals surface area contributed by atoms with Crippen LogP contribution in [0.2, 0.25) is 0 Å². The number of fused-ring (bicyclic) bond motifs is 2. The Morgan fingerprint density at radius 1 is 1.29 bits per heavy atom. The van der Waals surface area contributed by atoms with Crippen LogP contribution in [0.5, 0.6) is 5.75 Å². The molecule has 0 bridgehead atoms. The Hall–Kier alpha value is -1.98. The molecule has 0 saturated carbocycles. The third-order valence-electron chi connectivity index (χ3n) is 7.68. The lowest BCUT2D eigenvalue weighted by molar-refractivity contribution is 0.0766. The number of benzene rings is 1. The van der Waals surface area contributed by atoms with Gasteiger partial charge in [0.15, 0.2) is 0 Å². The molecule has 1 aliphatic heterocycles. The first-order valence-corrected chi connectivity index (χ1v) is 11.4. The van der Waals surface area contributed by atoms with Crippen molar-refractivity contribution >= 4 is 18.3 Å². The number of H-pyrrole nitrogens is 1. The maximum absolute atomic E-state index is 13.1. The molecule has 0 radical (unpaired) electrons. The average molecular weight is 446 g/mol. The van der Waals surface area contributed by atoms with Gasteiger partial charge in [0.1, 0.15) is 11.4 Å². The van der Waals surface area contributed by atoms with Gasteiger partial charge in [0.25, 0.3) is 5.91 Å². The summed E-state index contributed by atoms with van der Waals surface area (Å²) in [4.78, 5) is 21.1. The monoisotopic (exact) mass is 445 g/mol. The number of rotatable bonds is 5. The molecule has 1 aromatic heterocycles. The molecular formula is C25H36ClN3O2. The van der Waals surface area contributed by atoms with Crippen molar-refractivity contribution in [3.63, 3.8) is 0 Å². The molecule has 1 fully saturated rings. The SMILES string of the molecule is CCN1CC[C@@]2(c3cccc(O)c3)Cc3[nH]c(C(=O)N(CC)CC)c(C)c3C[C@@H]2C1.Cl. The van der Waals surface area contributed by atoms with E-state index in [2.05, 4.69) is 29.8 Å². The fourth-order valence-corrected chi connectivity index (χ4v) is 5.79. The molecule has 2 atom stereocenters. The first kappa shape index (κ1) is 23.7. The van der Waals surface area contributed by atoms with E-state index in [-0.39, 0.29) is 23.7 Å². The minimum atomic E-state index is 0. The van der Waals surface area contributed by atoms with Crippen molar-refractivity contribution in [2.45, 2.75) is 52.4 Å². The zero-order valence-electron chi connectivity index (χ0n) is 19.2. The molecule has 2 heterocycles. The van der Waals surface area contributed by atoms with Crippen molar-refractivity contribution in [2.75, 3.05) is 32.7 Å². The molecule has 31 heavy (non-hydrogen) atoms. The molecular weight excluding hydrogens is 410 g/mol. The second-order valence-corrected chi connectivity index (χ2v) is 8.99. The predicted molar refractivity (Wildman–Crippen MR) is 127 cm³/mol. The van der Waals surface area contributed by atoms with E-state index >= 15 is 0 Å². The van der Waals surface area contributed by atoms with Gasteiger partial charge in [-0.25, -0.2) is 0 Å². The van der Waals surface area contributed by atoms with Gasteiger partial charge in [-0.1, -0.05) is 19.1 Å². The number of aromatic hydroxyl groups is 1. The number of nitrogens with zero attached hydrogens (tertiary/aromatic N) is 2. The summed E-state index contributed by atoms with van der Waals surface area (Å²) in [6.07, 6.45) is 2.96. The molecule has 2 aromatic rings. The average Bonchev–Trinajstić information content (AvgIpc) is 3.07. The lowest BCUT2D eigenvalue weighted by Gasteiger charge is -2.51. The number of nitrogens with one attached hydrogen (secondary N) is 1. The lowest BCUT2D eigenvalue weighted by atomic mass is 9.58. The fourth-order valence-electron chi connectivity index (χ4n) is 5.79. The van der Waals surface area contributed by atoms with Gasteiger partial charge in [-0.3, -0.25) is 4.79 Å². The smallest absolute Gasteiger partial charge is 0.270 e. The number of phenols is 1. The highest BCUT2D eigenvalue weighted by atomic mass is 35.5. The number of amides is 1. The number of likely N-dealkylation sites (tertiary alicyclic amines) is 1. The van der Waals surface area contributed by atoms with Gasteiger partial charge < -0.3 is 19.9 Å². The van der Waals surface area contributed by atoms with E-state index in [9.17, 15) is 9.90 Å². The van der Waals surface area contributed by atoms with Crippen molar-refractivity contribution in [3.05, 3.63) is 52.3 Å². The van der Waals surface area contributed by atoms with Crippen molar-refractivity contribution < 1.29 is 9.90 Å². The van der Waals surface area contributed by atoms with Gasteiger partial charge >= 0.3 is 0 Å². The molecule has 1 amide bonds. The molecule has 1 aromatic carbocycles. The van der Waals surface area contributed by atoms with Crippen LogP contribution in [-0.4, -0.2) is 58.5 Å². The van der Waals surface area contributed by atoms with Gasteiger partial charge in [-0.2, -0.15) is 0 Å². The van der Waals surface area contributed by atoms with E-state index in [0.717, 1.165) is 63.2 Å². The van der Waals surface area contributed by atoms with Crippen LogP contribution in [0.15, 0.2) is 24.3 Å². The Kier molecular flexibility index (Phi) is 7.07. The molecule has 4 rings (SSSR count). The predicted octanol–water partition coefficient (Wildman–Crippen LogP) is 4.31. The Bertz CT molecular complexity index is 937. The first-order chi connectivity index (χ1) is 14.4. The van der Waals surface area contributed by atoms with Crippen molar-refractivity contribution in [1.29, 1.82) is 0 Å². The van der Waals surface area contributed by atoms with Crippen LogP contribution in [0.3, 0.4) is 0 Å². The van der Waals surface area contributed by atoms with Crippen LogP contribution in [0, 0.1) is 12.8 Å². The summed E-state index contributed by atoms with van der Waals surface area (Å²) in [6.45, 7) is 13.1. The minimum Gasteiger partial charge on any atom is -0.508 e. The maximum atomic E-state index is 13.1. The van der Waals surface area contributed by atoms with Gasteiger partial charge in [0.2, 0.25) is 0 Å². The van der Waals surface area contributed by atoms with Crippen LogP contribution in [0.25, 0.3) is 0 Å². The number of hydrogen-bond donors (Lipinski definition) is 2. The molecule has 1 aliphatic carbocycles.